The van der Waals surface area contributed by atoms with Crippen molar-refractivity contribution < 1.29 is 26.4 Å². The number of nitrogen functional groups attached to an aromatic ring is 1. The molecule has 0 aliphatic rings. The second-order valence-corrected chi connectivity index (χ2v) is 7.30. The zero-order chi connectivity index (χ0) is 23.8. The van der Waals surface area contributed by atoms with E-state index in [1.165, 1.54) is 34.0 Å². The maximum absolute atomic E-state index is 13.2. The first-order valence-corrected chi connectivity index (χ1v) is 9.70. The molecule has 0 radical (unpaired) electrons. The first-order chi connectivity index (χ1) is 15.6. The van der Waals surface area contributed by atoms with E-state index in [2.05, 4.69) is 20.1 Å². The van der Waals surface area contributed by atoms with Gasteiger partial charge in [0.1, 0.15) is 12.0 Å². The number of hydrogen-bond acceptors (Lipinski definition) is 7. The molecule has 3 heterocycles. The predicted molar refractivity (Wildman–Crippen MR) is 107 cm³/mol. The summed E-state index contributed by atoms with van der Waals surface area (Å²) in [6, 6.07) is 4.35. The molecule has 0 unspecified atom stereocenters. The van der Waals surface area contributed by atoms with E-state index < -0.39 is 24.7 Å². The molecule has 8 nitrogen and oxygen atoms in total. The third-order valence-corrected chi connectivity index (χ3v) is 4.87. The number of alkyl halides is 5. The van der Waals surface area contributed by atoms with Crippen molar-refractivity contribution in [1.29, 1.82) is 0 Å². The van der Waals surface area contributed by atoms with Gasteiger partial charge in [-0.25, -0.2) is 23.7 Å². The summed E-state index contributed by atoms with van der Waals surface area (Å²) in [5.41, 5.74) is 6.92. The average Bonchev–Trinajstić information content (AvgIpc) is 3.40. The fourth-order valence-electron chi connectivity index (χ4n) is 3.36. The lowest BCUT2D eigenvalue weighted by Crippen LogP contribution is -2.28. The van der Waals surface area contributed by atoms with E-state index in [4.69, 9.17) is 10.2 Å². The Morgan fingerprint density at radius 3 is 2.45 bits per heavy atom. The van der Waals surface area contributed by atoms with Crippen molar-refractivity contribution in [3.05, 3.63) is 59.2 Å². The molecule has 13 heteroatoms. The van der Waals surface area contributed by atoms with Crippen LogP contribution in [0, 0.1) is 6.92 Å². The third-order valence-electron chi connectivity index (χ3n) is 4.87. The Kier molecular flexibility index (Phi) is 5.97. The van der Waals surface area contributed by atoms with Crippen molar-refractivity contribution in [2.75, 3.05) is 12.3 Å². The van der Waals surface area contributed by atoms with Crippen LogP contribution in [0.4, 0.5) is 27.9 Å². The molecule has 1 aromatic carbocycles. The number of aromatic nitrogens is 5. The third kappa shape index (κ3) is 4.92. The number of aryl methyl sites for hydroxylation is 1. The Balaban J connectivity index is 1.60. The minimum atomic E-state index is -4.47. The van der Waals surface area contributed by atoms with Crippen LogP contribution in [0.1, 0.15) is 22.5 Å². The van der Waals surface area contributed by atoms with Crippen molar-refractivity contribution in [1.82, 2.24) is 29.5 Å². The van der Waals surface area contributed by atoms with Crippen LogP contribution >= 0.6 is 0 Å². The topological polar surface area (TPSA) is 98.4 Å². The minimum Gasteiger partial charge on any atom is -0.443 e. The van der Waals surface area contributed by atoms with Gasteiger partial charge in [0.2, 0.25) is 11.8 Å². The summed E-state index contributed by atoms with van der Waals surface area (Å²) in [7, 11) is 0. The van der Waals surface area contributed by atoms with Crippen LogP contribution in [0.5, 0.6) is 0 Å². The van der Waals surface area contributed by atoms with Gasteiger partial charge in [-0.2, -0.15) is 17.7 Å². The zero-order valence-corrected chi connectivity index (χ0v) is 17.2. The zero-order valence-electron chi connectivity index (χ0n) is 17.2. The Labute approximate surface area is 183 Å². The van der Waals surface area contributed by atoms with E-state index in [-0.39, 0.29) is 30.8 Å². The van der Waals surface area contributed by atoms with Gasteiger partial charge >= 0.3 is 6.18 Å². The SMILES string of the molecule is Cc1c(-c2ncco2)nc(N)n2nc(CN(Cc3ccc(C(F)(F)F)cc3)CC(F)F)nc12. The highest BCUT2D eigenvalue weighted by Crippen LogP contribution is 2.29. The summed E-state index contributed by atoms with van der Waals surface area (Å²) in [5.74, 6) is 0.447. The lowest BCUT2D eigenvalue weighted by atomic mass is 10.1. The largest absolute Gasteiger partial charge is 0.443 e. The molecule has 0 aliphatic carbocycles. The first kappa shape index (κ1) is 22.6. The van der Waals surface area contributed by atoms with Gasteiger partial charge in [-0.05, 0) is 24.6 Å². The fraction of sp³-hybridized carbons (Fsp3) is 0.300. The van der Waals surface area contributed by atoms with Gasteiger partial charge in [0.05, 0.1) is 24.8 Å². The van der Waals surface area contributed by atoms with E-state index in [1.54, 1.807) is 6.92 Å². The van der Waals surface area contributed by atoms with Gasteiger partial charge in [-0.15, -0.1) is 5.10 Å². The van der Waals surface area contributed by atoms with Crippen LogP contribution < -0.4 is 5.73 Å². The van der Waals surface area contributed by atoms with Crippen LogP contribution in [0.3, 0.4) is 0 Å². The number of rotatable bonds is 7. The predicted octanol–water partition coefficient (Wildman–Crippen LogP) is 3.96. The summed E-state index contributed by atoms with van der Waals surface area (Å²) in [4.78, 5) is 14.0. The summed E-state index contributed by atoms with van der Waals surface area (Å²) in [5, 5.41) is 4.26. The molecule has 0 spiro atoms. The Morgan fingerprint density at radius 1 is 1.12 bits per heavy atom. The lowest BCUT2D eigenvalue weighted by molar-refractivity contribution is -0.137. The van der Waals surface area contributed by atoms with Gasteiger partial charge in [-0.3, -0.25) is 4.90 Å². The number of anilines is 1. The van der Waals surface area contributed by atoms with Gasteiger partial charge in [0, 0.05) is 12.1 Å². The number of oxazole rings is 1. The second-order valence-electron chi connectivity index (χ2n) is 7.30. The maximum Gasteiger partial charge on any atom is 0.416 e. The van der Waals surface area contributed by atoms with E-state index >= 15 is 0 Å². The van der Waals surface area contributed by atoms with Crippen LogP contribution in [-0.4, -0.2) is 42.4 Å². The summed E-state index contributed by atoms with van der Waals surface area (Å²) in [6.45, 7) is 0.996. The molecule has 2 N–H and O–H groups in total. The molecular formula is C20H18F5N7O. The van der Waals surface area contributed by atoms with Gasteiger partial charge in [0.15, 0.2) is 11.5 Å². The molecular weight excluding hydrogens is 449 g/mol. The maximum atomic E-state index is 13.2. The molecule has 3 aromatic heterocycles. The van der Waals surface area contributed by atoms with Crippen molar-refractivity contribution in [3.8, 4) is 11.6 Å². The highest BCUT2D eigenvalue weighted by atomic mass is 19.4. The minimum absolute atomic E-state index is 0.00528. The molecule has 0 fully saturated rings. The number of hydrogen-bond donors (Lipinski definition) is 1. The molecule has 0 saturated carbocycles. The molecule has 0 aliphatic heterocycles. The Bertz CT molecular complexity index is 1240. The highest BCUT2D eigenvalue weighted by molar-refractivity contribution is 5.65. The molecule has 4 rings (SSSR count). The highest BCUT2D eigenvalue weighted by Gasteiger charge is 2.30. The second kappa shape index (κ2) is 8.73. The number of fused-ring (bicyclic) bond motifs is 1. The van der Waals surface area contributed by atoms with Crippen LogP contribution in [-0.2, 0) is 19.3 Å². The van der Waals surface area contributed by atoms with Crippen molar-refractivity contribution in [2.45, 2.75) is 32.6 Å². The van der Waals surface area contributed by atoms with Gasteiger partial charge in [-0.1, -0.05) is 12.1 Å². The molecule has 0 bridgehead atoms. The van der Waals surface area contributed by atoms with E-state index in [0.717, 1.165) is 12.1 Å². The van der Waals surface area contributed by atoms with Gasteiger partial charge in [0.25, 0.3) is 6.43 Å². The monoisotopic (exact) mass is 467 g/mol. The van der Waals surface area contributed by atoms with Crippen molar-refractivity contribution in [2.24, 2.45) is 0 Å². The van der Waals surface area contributed by atoms with E-state index in [0.29, 0.717) is 22.5 Å². The smallest absolute Gasteiger partial charge is 0.416 e. The summed E-state index contributed by atoms with van der Waals surface area (Å²) in [6.07, 6.45) is -4.30. The molecule has 0 atom stereocenters. The molecule has 4 aromatic rings. The van der Waals surface area contributed by atoms with E-state index in [9.17, 15) is 22.0 Å². The number of nitrogens with zero attached hydrogens (tertiary/aromatic N) is 6. The molecule has 174 valence electrons. The average molecular weight is 467 g/mol. The van der Waals surface area contributed by atoms with Gasteiger partial charge < -0.3 is 10.2 Å². The lowest BCUT2D eigenvalue weighted by Gasteiger charge is -2.20. The van der Waals surface area contributed by atoms with E-state index in [1.807, 2.05) is 0 Å². The number of halogens is 5. The number of benzene rings is 1. The summed E-state index contributed by atoms with van der Waals surface area (Å²) >= 11 is 0. The van der Waals surface area contributed by atoms with Crippen LogP contribution in [0.15, 0.2) is 41.1 Å². The molecule has 0 saturated heterocycles. The van der Waals surface area contributed by atoms with Crippen molar-refractivity contribution in [3.63, 3.8) is 0 Å². The Morgan fingerprint density at radius 2 is 1.85 bits per heavy atom. The standard InChI is InChI=1S/C20H18F5N7O/c1-11-16(18-27-6-7-33-18)29-19(26)32-17(11)28-15(30-32)10-31(9-14(21)22)8-12-2-4-13(5-3-12)20(23,24)25/h2-7,14H,8-10H2,1H3,(H2,26,29). The van der Waals surface area contributed by atoms with Crippen LogP contribution in [0.25, 0.3) is 17.2 Å². The summed E-state index contributed by atoms with van der Waals surface area (Å²) < 4.78 is 71.2. The Hall–Kier alpha value is -3.61. The van der Waals surface area contributed by atoms with Crippen LogP contribution in [0.2, 0.25) is 0 Å². The number of nitrogens with two attached hydrogens (primary N) is 1. The molecule has 0 amide bonds. The van der Waals surface area contributed by atoms with Crippen molar-refractivity contribution >= 4 is 11.6 Å². The first-order valence-electron chi connectivity index (χ1n) is 9.70. The molecule has 33 heavy (non-hydrogen) atoms. The fourth-order valence-corrected chi connectivity index (χ4v) is 3.36. The quantitative estimate of drug-likeness (QED) is 0.411. The normalized spacial score (nSPS) is 12.4.